The van der Waals surface area contributed by atoms with E-state index in [1.165, 1.54) is 5.56 Å². The first-order valence-electron chi connectivity index (χ1n) is 6.57. The van der Waals surface area contributed by atoms with Gasteiger partial charge in [0.25, 0.3) is 0 Å². The molecule has 0 aliphatic carbocycles. The SMILES string of the molecule is CC(C)c1ccccc1Oc1ncccc1[C@H](C)N. The van der Waals surface area contributed by atoms with Gasteiger partial charge in [-0.3, -0.25) is 0 Å². The van der Waals surface area contributed by atoms with Crippen molar-refractivity contribution in [3.05, 3.63) is 53.7 Å². The highest BCUT2D eigenvalue weighted by atomic mass is 16.5. The van der Waals surface area contributed by atoms with Crippen molar-refractivity contribution in [1.29, 1.82) is 0 Å². The molecule has 0 aliphatic heterocycles. The molecule has 1 aromatic heterocycles. The molecule has 2 aromatic rings. The average molecular weight is 256 g/mol. The van der Waals surface area contributed by atoms with Gasteiger partial charge in [-0.2, -0.15) is 0 Å². The van der Waals surface area contributed by atoms with E-state index in [2.05, 4.69) is 24.9 Å². The van der Waals surface area contributed by atoms with E-state index in [-0.39, 0.29) is 6.04 Å². The van der Waals surface area contributed by atoms with Crippen LogP contribution in [0.4, 0.5) is 0 Å². The molecule has 2 rings (SSSR count). The molecule has 3 heteroatoms. The van der Waals surface area contributed by atoms with Crippen LogP contribution >= 0.6 is 0 Å². The molecule has 0 spiro atoms. The molecule has 0 aliphatic rings. The Kier molecular flexibility index (Phi) is 4.17. The van der Waals surface area contributed by atoms with Crippen LogP contribution in [0.3, 0.4) is 0 Å². The van der Waals surface area contributed by atoms with E-state index in [4.69, 9.17) is 10.5 Å². The van der Waals surface area contributed by atoms with Crippen LogP contribution < -0.4 is 10.5 Å². The summed E-state index contributed by atoms with van der Waals surface area (Å²) in [6.07, 6.45) is 1.72. The zero-order valence-electron chi connectivity index (χ0n) is 11.6. The van der Waals surface area contributed by atoms with Gasteiger partial charge in [0.1, 0.15) is 5.75 Å². The first-order valence-corrected chi connectivity index (χ1v) is 6.57. The maximum absolute atomic E-state index is 5.97. The van der Waals surface area contributed by atoms with Gasteiger partial charge in [-0.05, 0) is 30.5 Å². The molecule has 0 amide bonds. The molecule has 0 radical (unpaired) electrons. The molecule has 0 bridgehead atoms. The second kappa shape index (κ2) is 5.85. The Hall–Kier alpha value is -1.87. The number of ether oxygens (including phenoxy) is 1. The summed E-state index contributed by atoms with van der Waals surface area (Å²) in [7, 11) is 0. The normalized spacial score (nSPS) is 12.5. The van der Waals surface area contributed by atoms with Crippen molar-refractivity contribution >= 4 is 0 Å². The van der Waals surface area contributed by atoms with E-state index in [1.807, 2.05) is 37.3 Å². The number of nitrogens with zero attached hydrogens (tertiary/aromatic N) is 1. The number of hydrogen-bond acceptors (Lipinski definition) is 3. The monoisotopic (exact) mass is 256 g/mol. The Labute approximate surface area is 114 Å². The third-order valence-electron chi connectivity index (χ3n) is 3.04. The first kappa shape index (κ1) is 13.6. The van der Waals surface area contributed by atoms with E-state index >= 15 is 0 Å². The molecular weight excluding hydrogens is 236 g/mol. The topological polar surface area (TPSA) is 48.1 Å². The van der Waals surface area contributed by atoms with Crippen molar-refractivity contribution in [3.63, 3.8) is 0 Å². The van der Waals surface area contributed by atoms with Crippen LogP contribution in [0, 0.1) is 0 Å². The van der Waals surface area contributed by atoms with Crippen LogP contribution in [0.5, 0.6) is 11.6 Å². The van der Waals surface area contributed by atoms with Gasteiger partial charge >= 0.3 is 0 Å². The highest BCUT2D eigenvalue weighted by molar-refractivity contribution is 5.40. The number of pyridine rings is 1. The Morgan fingerprint density at radius 2 is 1.68 bits per heavy atom. The summed E-state index contributed by atoms with van der Waals surface area (Å²) < 4.78 is 5.97. The summed E-state index contributed by atoms with van der Waals surface area (Å²) >= 11 is 0. The Morgan fingerprint density at radius 1 is 1.00 bits per heavy atom. The molecule has 0 unspecified atom stereocenters. The first-order chi connectivity index (χ1) is 9.09. The van der Waals surface area contributed by atoms with Crippen LogP contribution in [0.15, 0.2) is 42.6 Å². The number of rotatable bonds is 4. The van der Waals surface area contributed by atoms with E-state index < -0.39 is 0 Å². The standard InChI is InChI=1S/C16H20N2O/c1-11(2)13-7-4-5-9-15(13)19-16-14(12(3)17)8-6-10-18-16/h4-12H,17H2,1-3H3/t12-/m0/s1. The molecule has 2 N–H and O–H groups in total. The Bertz CT molecular complexity index is 500. The fourth-order valence-corrected chi connectivity index (χ4v) is 1.99. The molecular formula is C16H20N2O. The van der Waals surface area contributed by atoms with Gasteiger partial charge in [-0.25, -0.2) is 4.98 Å². The molecule has 1 heterocycles. The maximum atomic E-state index is 5.97. The van der Waals surface area contributed by atoms with Gasteiger partial charge in [0, 0.05) is 17.8 Å². The van der Waals surface area contributed by atoms with E-state index in [0.717, 1.165) is 11.3 Å². The lowest BCUT2D eigenvalue weighted by Crippen LogP contribution is -2.08. The molecule has 19 heavy (non-hydrogen) atoms. The summed E-state index contributed by atoms with van der Waals surface area (Å²) in [4.78, 5) is 4.29. The summed E-state index contributed by atoms with van der Waals surface area (Å²) in [6, 6.07) is 11.8. The van der Waals surface area contributed by atoms with Gasteiger partial charge in [-0.1, -0.05) is 38.1 Å². The van der Waals surface area contributed by atoms with Gasteiger partial charge in [0.05, 0.1) is 0 Å². The predicted molar refractivity (Wildman–Crippen MR) is 77.4 cm³/mol. The van der Waals surface area contributed by atoms with Crippen molar-refractivity contribution in [2.24, 2.45) is 5.73 Å². The third kappa shape index (κ3) is 3.12. The minimum Gasteiger partial charge on any atom is -0.438 e. The molecule has 0 fully saturated rings. The Balaban J connectivity index is 2.37. The highest BCUT2D eigenvalue weighted by Crippen LogP contribution is 2.32. The zero-order chi connectivity index (χ0) is 13.8. The van der Waals surface area contributed by atoms with Crippen molar-refractivity contribution < 1.29 is 4.74 Å². The quantitative estimate of drug-likeness (QED) is 0.898. The summed E-state index contributed by atoms with van der Waals surface area (Å²) in [6.45, 7) is 6.22. The van der Waals surface area contributed by atoms with Gasteiger partial charge in [0.2, 0.25) is 5.88 Å². The molecule has 0 saturated carbocycles. The predicted octanol–water partition coefficient (Wildman–Crippen LogP) is 4.02. The summed E-state index contributed by atoms with van der Waals surface area (Å²) in [5.74, 6) is 1.84. The van der Waals surface area contributed by atoms with Crippen molar-refractivity contribution in [2.75, 3.05) is 0 Å². The fourth-order valence-electron chi connectivity index (χ4n) is 1.99. The summed E-state index contributed by atoms with van der Waals surface area (Å²) in [5.41, 5.74) is 8.03. The second-order valence-electron chi connectivity index (χ2n) is 4.98. The fraction of sp³-hybridized carbons (Fsp3) is 0.312. The van der Waals surface area contributed by atoms with Crippen molar-refractivity contribution in [3.8, 4) is 11.6 Å². The largest absolute Gasteiger partial charge is 0.438 e. The van der Waals surface area contributed by atoms with Crippen LogP contribution in [0.25, 0.3) is 0 Å². The average Bonchev–Trinajstić information content (AvgIpc) is 2.39. The van der Waals surface area contributed by atoms with Crippen molar-refractivity contribution in [1.82, 2.24) is 4.98 Å². The molecule has 100 valence electrons. The number of para-hydroxylation sites is 1. The number of nitrogens with two attached hydrogens (primary N) is 1. The van der Waals surface area contributed by atoms with Crippen molar-refractivity contribution in [2.45, 2.75) is 32.7 Å². The van der Waals surface area contributed by atoms with Gasteiger partial charge in [0.15, 0.2) is 0 Å². The number of aromatic nitrogens is 1. The zero-order valence-corrected chi connectivity index (χ0v) is 11.6. The number of hydrogen-bond donors (Lipinski definition) is 1. The molecule has 0 saturated heterocycles. The van der Waals surface area contributed by atoms with Crippen LogP contribution in [-0.4, -0.2) is 4.98 Å². The van der Waals surface area contributed by atoms with Gasteiger partial charge in [-0.15, -0.1) is 0 Å². The Morgan fingerprint density at radius 3 is 2.37 bits per heavy atom. The molecule has 1 atom stereocenters. The van der Waals surface area contributed by atoms with Crippen LogP contribution in [-0.2, 0) is 0 Å². The van der Waals surface area contributed by atoms with E-state index in [9.17, 15) is 0 Å². The maximum Gasteiger partial charge on any atom is 0.223 e. The molecule has 3 nitrogen and oxygen atoms in total. The van der Waals surface area contributed by atoms with Crippen LogP contribution in [0.1, 0.15) is 43.9 Å². The lowest BCUT2D eigenvalue weighted by molar-refractivity contribution is 0.444. The lowest BCUT2D eigenvalue weighted by atomic mass is 10.0. The summed E-state index contributed by atoms with van der Waals surface area (Å²) in [5, 5.41) is 0. The van der Waals surface area contributed by atoms with Gasteiger partial charge < -0.3 is 10.5 Å². The smallest absolute Gasteiger partial charge is 0.223 e. The van der Waals surface area contributed by atoms with Crippen LogP contribution in [0.2, 0.25) is 0 Å². The molecule has 1 aromatic carbocycles. The second-order valence-corrected chi connectivity index (χ2v) is 4.98. The lowest BCUT2D eigenvalue weighted by Gasteiger charge is -2.16. The van der Waals surface area contributed by atoms with E-state index in [0.29, 0.717) is 11.8 Å². The minimum atomic E-state index is -0.102. The number of benzene rings is 1. The highest BCUT2D eigenvalue weighted by Gasteiger charge is 2.13. The van der Waals surface area contributed by atoms with E-state index in [1.54, 1.807) is 6.20 Å². The third-order valence-corrected chi connectivity index (χ3v) is 3.04. The minimum absolute atomic E-state index is 0.102.